The Hall–Kier alpha value is -3.53. The minimum Gasteiger partial charge on any atom is -0.423 e. The molecule has 10 heteroatoms. The molecule has 0 aliphatic heterocycles. The zero-order chi connectivity index (χ0) is 26.3. The van der Waals surface area contributed by atoms with Gasteiger partial charge >= 0.3 is 5.97 Å². The zero-order valence-corrected chi connectivity index (χ0v) is 21.5. The normalized spacial score (nSPS) is 12.5. The molecule has 3 aromatic carbocycles. The topological polar surface area (TPSA) is 114 Å². The van der Waals surface area contributed by atoms with E-state index in [2.05, 4.69) is 15.2 Å². The van der Waals surface area contributed by atoms with Crippen LogP contribution in [-0.2, 0) is 14.8 Å². The molecule has 36 heavy (non-hydrogen) atoms. The minimum absolute atomic E-state index is 0.0752. The first kappa shape index (κ1) is 27.1. The third-order valence-electron chi connectivity index (χ3n) is 5.10. The van der Waals surface area contributed by atoms with Gasteiger partial charge in [-0.25, -0.2) is 18.6 Å². The Morgan fingerprint density at radius 1 is 1.00 bits per heavy atom. The SMILES string of the molecule is Cc1ccc(S(=O)(=O)N[C@H](C(=O)N/N=C\c2ccc(OC(=O)c3cccc(Cl)c3)cc2)C(C)C)cc1. The molecule has 2 N–H and O–H groups in total. The van der Waals surface area contributed by atoms with Crippen LogP contribution in [0.25, 0.3) is 0 Å². The molecule has 0 heterocycles. The molecule has 0 fully saturated rings. The maximum atomic E-state index is 12.7. The van der Waals surface area contributed by atoms with E-state index in [1.165, 1.54) is 24.4 Å². The van der Waals surface area contributed by atoms with Crippen molar-refractivity contribution in [3.05, 3.63) is 94.5 Å². The summed E-state index contributed by atoms with van der Waals surface area (Å²) in [5, 5.41) is 4.36. The summed E-state index contributed by atoms with van der Waals surface area (Å²) in [5.41, 5.74) is 4.25. The Balaban J connectivity index is 1.59. The second-order valence-electron chi connectivity index (χ2n) is 8.36. The highest BCUT2D eigenvalue weighted by molar-refractivity contribution is 7.89. The Morgan fingerprint density at radius 3 is 2.28 bits per heavy atom. The first-order valence-electron chi connectivity index (χ1n) is 11.0. The number of ether oxygens (including phenoxy) is 1. The fourth-order valence-electron chi connectivity index (χ4n) is 3.09. The zero-order valence-electron chi connectivity index (χ0n) is 19.9. The van der Waals surface area contributed by atoms with Crippen molar-refractivity contribution in [2.75, 3.05) is 0 Å². The van der Waals surface area contributed by atoms with E-state index >= 15 is 0 Å². The summed E-state index contributed by atoms with van der Waals surface area (Å²) >= 11 is 5.90. The van der Waals surface area contributed by atoms with Gasteiger partial charge in [0.15, 0.2) is 0 Å². The molecule has 3 aromatic rings. The molecule has 0 saturated carbocycles. The number of nitrogens with one attached hydrogen (secondary N) is 2. The molecule has 0 saturated heterocycles. The van der Waals surface area contributed by atoms with Gasteiger partial charge in [0.1, 0.15) is 11.8 Å². The molecule has 0 aliphatic rings. The lowest BCUT2D eigenvalue weighted by atomic mass is 10.1. The van der Waals surface area contributed by atoms with Gasteiger partial charge in [0.05, 0.1) is 16.7 Å². The van der Waals surface area contributed by atoms with Gasteiger partial charge in [0.25, 0.3) is 5.91 Å². The first-order chi connectivity index (χ1) is 17.0. The van der Waals surface area contributed by atoms with Gasteiger partial charge in [-0.1, -0.05) is 49.2 Å². The quantitative estimate of drug-likeness (QED) is 0.186. The van der Waals surface area contributed by atoms with Crippen LogP contribution in [0.4, 0.5) is 0 Å². The molecule has 188 valence electrons. The molecular formula is C26H26ClN3O5S. The fourth-order valence-corrected chi connectivity index (χ4v) is 4.62. The Bertz CT molecular complexity index is 1360. The third kappa shape index (κ3) is 7.48. The van der Waals surface area contributed by atoms with Crippen LogP contribution in [0.3, 0.4) is 0 Å². The molecule has 0 radical (unpaired) electrons. The number of halogens is 1. The van der Waals surface area contributed by atoms with E-state index in [-0.39, 0.29) is 10.8 Å². The molecule has 0 unspecified atom stereocenters. The van der Waals surface area contributed by atoms with E-state index < -0.39 is 27.9 Å². The molecule has 3 rings (SSSR count). The maximum Gasteiger partial charge on any atom is 0.343 e. The molecule has 8 nitrogen and oxygen atoms in total. The number of sulfonamides is 1. The summed E-state index contributed by atoms with van der Waals surface area (Å²) in [7, 11) is -3.89. The van der Waals surface area contributed by atoms with E-state index in [4.69, 9.17) is 16.3 Å². The average Bonchev–Trinajstić information content (AvgIpc) is 2.83. The first-order valence-corrected chi connectivity index (χ1v) is 12.9. The predicted octanol–water partition coefficient (Wildman–Crippen LogP) is 4.32. The van der Waals surface area contributed by atoms with E-state index in [0.29, 0.717) is 21.9 Å². The average molecular weight is 528 g/mol. The molecule has 0 aromatic heterocycles. The molecule has 0 bridgehead atoms. The van der Waals surface area contributed by atoms with Crippen LogP contribution in [0.2, 0.25) is 5.02 Å². The highest BCUT2D eigenvalue weighted by atomic mass is 35.5. The number of esters is 1. The Labute approximate surface area is 215 Å². The number of carbonyl (C=O) groups is 2. The van der Waals surface area contributed by atoms with Crippen molar-refractivity contribution < 1.29 is 22.7 Å². The van der Waals surface area contributed by atoms with Crippen LogP contribution in [0.5, 0.6) is 5.75 Å². The van der Waals surface area contributed by atoms with Crippen molar-refractivity contribution in [2.45, 2.75) is 31.7 Å². The standard InChI is InChI=1S/C26H26ClN3O5S/c1-17(2)24(30-36(33,34)23-13-7-18(3)8-14-23)25(31)29-28-16-19-9-11-22(12-10-19)35-26(32)20-5-4-6-21(27)15-20/h4-17,24,30H,1-3H3,(H,29,31)/b28-16-/t24-/m0/s1. The second-order valence-corrected chi connectivity index (χ2v) is 10.5. The number of aryl methyl sites for hydroxylation is 1. The van der Waals surface area contributed by atoms with Crippen LogP contribution >= 0.6 is 11.6 Å². The number of hydrogen-bond donors (Lipinski definition) is 2. The number of rotatable bonds is 9. The predicted molar refractivity (Wildman–Crippen MR) is 139 cm³/mol. The van der Waals surface area contributed by atoms with E-state index in [1.54, 1.807) is 68.4 Å². The van der Waals surface area contributed by atoms with Crippen molar-refractivity contribution >= 4 is 39.7 Å². The number of benzene rings is 3. The molecule has 0 spiro atoms. The highest BCUT2D eigenvalue weighted by Gasteiger charge is 2.28. The van der Waals surface area contributed by atoms with Gasteiger partial charge in [-0.05, 0) is 73.0 Å². The van der Waals surface area contributed by atoms with Crippen molar-refractivity contribution in [1.82, 2.24) is 10.1 Å². The summed E-state index contributed by atoms with van der Waals surface area (Å²) < 4.78 is 33.2. The highest BCUT2D eigenvalue weighted by Crippen LogP contribution is 2.16. The van der Waals surface area contributed by atoms with Crippen LogP contribution in [0.1, 0.15) is 35.3 Å². The lowest BCUT2D eigenvalue weighted by molar-refractivity contribution is -0.123. The van der Waals surface area contributed by atoms with Crippen LogP contribution in [0, 0.1) is 12.8 Å². The van der Waals surface area contributed by atoms with E-state index in [0.717, 1.165) is 5.56 Å². The summed E-state index contributed by atoms with van der Waals surface area (Å²) in [4.78, 5) is 24.9. The van der Waals surface area contributed by atoms with Gasteiger partial charge < -0.3 is 4.74 Å². The Kier molecular flexibility index (Phi) is 8.98. The van der Waals surface area contributed by atoms with Gasteiger partial charge in [-0.2, -0.15) is 9.82 Å². The molecular weight excluding hydrogens is 502 g/mol. The summed E-state index contributed by atoms with van der Waals surface area (Å²) in [6.07, 6.45) is 1.40. The Morgan fingerprint density at radius 2 is 1.67 bits per heavy atom. The number of carbonyl (C=O) groups excluding carboxylic acids is 2. The fraction of sp³-hybridized carbons (Fsp3) is 0.192. The minimum atomic E-state index is -3.89. The van der Waals surface area contributed by atoms with Gasteiger partial charge in [-0.15, -0.1) is 0 Å². The van der Waals surface area contributed by atoms with Crippen molar-refractivity contribution in [3.8, 4) is 5.75 Å². The number of amides is 1. The van der Waals surface area contributed by atoms with Crippen LogP contribution in [0.15, 0.2) is 82.8 Å². The van der Waals surface area contributed by atoms with Gasteiger partial charge in [-0.3, -0.25) is 4.79 Å². The van der Waals surface area contributed by atoms with Gasteiger partial charge in [0.2, 0.25) is 10.0 Å². The molecule has 0 aliphatic carbocycles. The number of hydrogen-bond acceptors (Lipinski definition) is 6. The van der Waals surface area contributed by atoms with Crippen LogP contribution in [-0.4, -0.2) is 32.6 Å². The van der Waals surface area contributed by atoms with E-state index in [1.807, 2.05) is 6.92 Å². The number of hydrazone groups is 1. The monoisotopic (exact) mass is 527 g/mol. The summed E-state index contributed by atoms with van der Waals surface area (Å²) in [6.45, 7) is 5.32. The van der Waals surface area contributed by atoms with E-state index in [9.17, 15) is 18.0 Å². The van der Waals surface area contributed by atoms with Crippen molar-refractivity contribution in [2.24, 2.45) is 11.0 Å². The molecule has 1 amide bonds. The number of nitrogens with zero attached hydrogens (tertiary/aromatic N) is 1. The molecule has 1 atom stereocenters. The van der Waals surface area contributed by atoms with Crippen LogP contribution < -0.4 is 14.9 Å². The summed E-state index contributed by atoms with van der Waals surface area (Å²) in [5.74, 6) is -1.14. The smallest absolute Gasteiger partial charge is 0.343 e. The second kappa shape index (κ2) is 11.9. The maximum absolute atomic E-state index is 12.7. The lowest BCUT2D eigenvalue weighted by Crippen LogP contribution is -2.48. The third-order valence-corrected chi connectivity index (χ3v) is 6.79. The van der Waals surface area contributed by atoms with Crippen molar-refractivity contribution in [1.29, 1.82) is 0 Å². The lowest BCUT2D eigenvalue weighted by Gasteiger charge is -2.20. The largest absolute Gasteiger partial charge is 0.423 e. The van der Waals surface area contributed by atoms with Crippen molar-refractivity contribution in [3.63, 3.8) is 0 Å². The summed E-state index contributed by atoms with van der Waals surface area (Å²) in [6, 6.07) is 18.2. The van der Waals surface area contributed by atoms with Gasteiger partial charge in [0, 0.05) is 5.02 Å².